The topological polar surface area (TPSA) is 105 Å². The number of rotatable bonds is 3. The Hall–Kier alpha value is -3.60. The number of allylic oxidation sites excluding steroid dienone is 1. The van der Waals surface area contributed by atoms with Gasteiger partial charge in [-0.15, -0.1) is 0 Å². The van der Waals surface area contributed by atoms with Crippen LogP contribution in [0.2, 0.25) is 0 Å². The lowest BCUT2D eigenvalue weighted by molar-refractivity contribution is -0.385. The van der Waals surface area contributed by atoms with Gasteiger partial charge in [-0.1, -0.05) is 6.07 Å². The Morgan fingerprint density at radius 1 is 1.27 bits per heavy atom. The summed E-state index contributed by atoms with van der Waals surface area (Å²) in [6, 6.07) is 10.4. The standard InChI is InChI=1S/C18H15FN4O3/c1-22(2)10-3-5-12-16(8-10)26-18(21)14(9-20)17(12)13-7-11(23(24)25)4-6-15(13)19/h3-8,17H,21H2,1-2H3. The SMILES string of the molecule is CN(C)c1ccc2c(c1)OC(N)=C(C#N)C2c1cc([N+](=O)[O-])ccc1F. The predicted molar refractivity (Wildman–Crippen MR) is 93.1 cm³/mol. The van der Waals surface area contributed by atoms with Gasteiger partial charge in [-0.05, 0) is 12.1 Å². The van der Waals surface area contributed by atoms with E-state index in [1.54, 1.807) is 18.2 Å². The number of ether oxygens (including phenoxy) is 1. The van der Waals surface area contributed by atoms with Crippen molar-refractivity contribution in [2.75, 3.05) is 19.0 Å². The van der Waals surface area contributed by atoms with Gasteiger partial charge in [0.1, 0.15) is 23.2 Å². The molecule has 2 aromatic carbocycles. The summed E-state index contributed by atoms with van der Waals surface area (Å²) in [4.78, 5) is 12.3. The van der Waals surface area contributed by atoms with E-state index in [1.165, 1.54) is 0 Å². The van der Waals surface area contributed by atoms with Crippen LogP contribution < -0.4 is 15.4 Å². The van der Waals surface area contributed by atoms with Crippen molar-refractivity contribution in [2.24, 2.45) is 5.73 Å². The number of benzene rings is 2. The number of nitrogens with zero attached hydrogens (tertiary/aromatic N) is 3. The van der Waals surface area contributed by atoms with Crippen molar-refractivity contribution >= 4 is 11.4 Å². The minimum absolute atomic E-state index is 0.000790. The van der Waals surface area contributed by atoms with Crippen LogP contribution in [0.1, 0.15) is 17.0 Å². The number of hydrogen-bond donors (Lipinski definition) is 1. The summed E-state index contributed by atoms with van der Waals surface area (Å²) >= 11 is 0. The van der Waals surface area contributed by atoms with E-state index in [1.807, 2.05) is 25.1 Å². The summed E-state index contributed by atoms with van der Waals surface area (Å²) < 4.78 is 20.1. The molecule has 1 unspecified atom stereocenters. The van der Waals surface area contributed by atoms with E-state index in [9.17, 15) is 19.8 Å². The molecule has 0 radical (unpaired) electrons. The molecule has 2 N–H and O–H groups in total. The molecule has 132 valence electrons. The van der Waals surface area contributed by atoms with Gasteiger partial charge in [-0.3, -0.25) is 10.1 Å². The van der Waals surface area contributed by atoms with Crippen LogP contribution in [-0.2, 0) is 0 Å². The van der Waals surface area contributed by atoms with Crippen LogP contribution in [-0.4, -0.2) is 19.0 Å². The van der Waals surface area contributed by atoms with Gasteiger partial charge in [0.2, 0.25) is 5.88 Å². The van der Waals surface area contributed by atoms with Crippen LogP contribution in [0.5, 0.6) is 5.75 Å². The maximum Gasteiger partial charge on any atom is 0.269 e. The highest BCUT2D eigenvalue weighted by atomic mass is 19.1. The fourth-order valence-corrected chi connectivity index (χ4v) is 2.91. The average molecular weight is 354 g/mol. The number of nitriles is 1. The minimum Gasteiger partial charge on any atom is -0.440 e. The smallest absolute Gasteiger partial charge is 0.269 e. The van der Waals surface area contributed by atoms with Gasteiger partial charge in [0.25, 0.3) is 5.69 Å². The van der Waals surface area contributed by atoms with Crippen LogP contribution >= 0.6 is 0 Å². The Kier molecular flexibility index (Phi) is 4.22. The number of nitro benzene ring substituents is 1. The summed E-state index contributed by atoms with van der Waals surface area (Å²) in [7, 11) is 3.70. The van der Waals surface area contributed by atoms with Gasteiger partial charge in [0, 0.05) is 49.1 Å². The second-order valence-corrected chi connectivity index (χ2v) is 6.00. The molecule has 8 heteroatoms. The van der Waals surface area contributed by atoms with Gasteiger partial charge in [-0.25, -0.2) is 4.39 Å². The van der Waals surface area contributed by atoms with Crippen LogP contribution in [0.4, 0.5) is 15.8 Å². The lowest BCUT2D eigenvalue weighted by Crippen LogP contribution is -2.22. The first-order chi connectivity index (χ1) is 12.3. The maximum absolute atomic E-state index is 14.5. The molecule has 1 heterocycles. The summed E-state index contributed by atoms with van der Waals surface area (Å²) in [5.41, 5.74) is 6.96. The van der Waals surface area contributed by atoms with Gasteiger partial charge in [-0.2, -0.15) is 5.26 Å². The first kappa shape index (κ1) is 17.2. The van der Waals surface area contributed by atoms with Crippen molar-refractivity contribution in [3.8, 4) is 11.8 Å². The molecule has 0 aromatic heterocycles. The maximum atomic E-state index is 14.5. The molecule has 3 rings (SSSR count). The van der Waals surface area contributed by atoms with Crippen LogP contribution in [0.3, 0.4) is 0 Å². The van der Waals surface area contributed by atoms with Crippen molar-refractivity contribution in [3.05, 3.63) is 74.9 Å². The minimum atomic E-state index is -0.889. The van der Waals surface area contributed by atoms with E-state index in [-0.39, 0.29) is 22.7 Å². The van der Waals surface area contributed by atoms with Gasteiger partial charge in [0.05, 0.1) is 10.8 Å². The Morgan fingerprint density at radius 3 is 2.62 bits per heavy atom. The van der Waals surface area contributed by atoms with Gasteiger partial charge in [0.15, 0.2) is 0 Å². The third-order valence-corrected chi connectivity index (χ3v) is 4.22. The fraction of sp³-hybridized carbons (Fsp3) is 0.167. The van der Waals surface area contributed by atoms with Crippen molar-refractivity contribution < 1.29 is 14.1 Å². The molecule has 0 bridgehead atoms. The van der Waals surface area contributed by atoms with Crippen LogP contribution in [0, 0.1) is 27.3 Å². The summed E-state index contributed by atoms with van der Waals surface area (Å²) in [5, 5.41) is 20.6. The summed E-state index contributed by atoms with van der Waals surface area (Å²) in [6.45, 7) is 0. The molecule has 26 heavy (non-hydrogen) atoms. The molecule has 0 saturated heterocycles. The Labute approximate surface area is 148 Å². The number of nitrogens with two attached hydrogens (primary N) is 1. The van der Waals surface area contributed by atoms with Crippen molar-refractivity contribution in [1.82, 2.24) is 0 Å². The van der Waals surface area contributed by atoms with E-state index < -0.39 is 16.7 Å². The third-order valence-electron chi connectivity index (χ3n) is 4.22. The Morgan fingerprint density at radius 2 is 2.00 bits per heavy atom. The zero-order valence-electron chi connectivity index (χ0n) is 14.1. The predicted octanol–water partition coefficient (Wildman–Crippen LogP) is 3.02. The highest BCUT2D eigenvalue weighted by Crippen LogP contribution is 2.44. The van der Waals surface area contributed by atoms with Gasteiger partial charge < -0.3 is 15.4 Å². The lowest BCUT2D eigenvalue weighted by atomic mass is 9.83. The zero-order valence-corrected chi connectivity index (χ0v) is 14.1. The Balaban J connectivity index is 2.25. The monoisotopic (exact) mass is 354 g/mol. The van der Waals surface area contributed by atoms with E-state index in [0.29, 0.717) is 11.3 Å². The molecular formula is C18H15FN4O3. The molecule has 1 atom stereocenters. The first-order valence-corrected chi connectivity index (χ1v) is 7.66. The summed E-state index contributed by atoms with van der Waals surface area (Å²) in [5.74, 6) is -1.32. The van der Waals surface area contributed by atoms with E-state index >= 15 is 0 Å². The first-order valence-electron chi connectivity index (χ1n) is 7.66. The summed E-state index contributed by atoms with van der Waals surface area (Å²) in [6.07, 6.45) is 0. The van der Waals surface area contributed by atoms with Gasteiger partial charge >= 0.3 is 0 Å². The second-order valence-electron chi connectivity index (χ2n) is 6.00. The molecule has 0 aliphatic carbocycles. The number of fused-ring (bicyclic) bond motifs is 1. The van der Waals surface area contributed by atoms with Crippen LogP contribution in [0.15, 0.2) is 47.9 Å². The van der Waals surface area contributed by atoms with E-state index in [4.69, 9.17) is 10.5 Å². The largest absolute Gasteiger partial charge is 0.440 e. The molecular weight excluding hydrogens is 339 g/mol. The molecule has 0 saturated carbocycles. The number of nitro groups is 1. The Bertz CT molecular complexity index is 979. The van der Waals surface area contributed by atoms with Crippen LogP contribution in [0.25, 0.3) is 0 Å². The van der Waals surface area contributed by atoms with E-state index in [0.717, 1.165) is 23.9 Å². The molecule has 2 aromatic rings. The van der Waals surface area contributed by atoms with Crippen molar-refractivity contribution in [1.29, 1.82) is 5.26 Å². The lowest BCUT2D eigenvalue weighted by Gasteiger charge is -2.27. The fourth-order valence-electron chi connectivity index (χ4n) is 2.91. The number of halogens is 1. The molecule has 0 fully saturated rings. The van der Waals surface area contributed by atoms with Crippen molar-refractivity contribution in [2.45, 2.75) is 5.92 Å². The van der Waals surface area contributed by atoms with E-state index in [2.05, 4.69) is 0 Å². The number of hydrogen-bond acceptors (Lipinski definition) is 6. The molecule has 0 amide bonds. The second kappa shape index (κ2) is 6.37. The quantitative estimate of drug-likeness (QED) is 0.671. The average Bonchev–Trinajstić information content (AvgIpc) is 2.60. The molecule has 0 spiro atoms. The molecule has 1 aliphatic heterocycles. The number of non-ortho nitro benzene ring substituents is 1. The normalized spacial score (nSPS) is 15.7. The zero-order chi connectivity index (χ0) is 19.0. The number of anilines is 1. The molecule has 1 aliphatic rings. The highest BCUT2D eigenvalue weighted by molar-refractivity contribution is 5.62. The molecule has 7 nitrogen and oxygen atoms in total. The third kappa shape index (κ3) is 2.80. The van der Waals surface area contributed by atoms with Crippen molar-refractivity contribution in [3.63, 3.8) is 0 Å². The highest BCUT2D eigenvalue weighted by Gasteiger charge is 2.33.